The molecule has 0 atom stereocenters. The summed E-state index contributed by atoms with van der Waals surface area (Å²) in [4.78, 5) is 11.7. The lowest BCUT2D eigenvalue weighted by atomic mass is 10.2. The Bertz CT molecular complexity index is 626. The quantitative estimate of drug-likeness (QED) is 0.675. The van der Waals surface area contributed by atoms with Crippen molar-refractivity contribution in [2.24, 2.45) is 5.10 Å². The van der Waals surface area contributed by atoms with Gasteiger partial charge in [-0.25, -0.2) is 5.43 Å². The normalized spacial score (nSPS) is 10.6. The van der Waals surface area contributed by atoms with Crippen LogP contribution in [0.25, 0.3) is 0 Å². The summed E-state index contributed by atoms with van der Waals surface area (Å²) >= 11 is 3.38. The molecule has 5 heteroatoms. The van der Waals surface area contributed by atoms with Crippen molar-refractivity contribution >= 4 is 28.1 Å². The zero-order valence-electron chi connectivity index (χ0n) is 9.88. The number of hydrogen-bond donors (Lipinski definition) is 2. The molecule has 2 aromatic carbocycles. The van der Waals surface area contributed by atoms with Crippen LogP contribution in [0.15, 0.2) is 58.1 Å². The molecule has 0 heterocycles. The first-order valence-corrected chi connectivity index (χ1v) is 6.33. The first kappa shape index (κ1) is 13.3. The Hall–Kier alpha value is -2.14. The summed E-state index contributed by atoms with van der Waals surface area (Å²) in [6.45, 7) is 0. The molecule has 96 valence electrons. The topological polar surface area (TPSA) is 61.7 Å². The largest absolute Gasteiger partial charge is 0.508 e. The number of carbonyl (C=O) groups excluding carboxylic acids is 1. The highest BCUT2D eigenvalue weighted by atomic mass is 79.9. The minimum atomic E-state index is -0.376. The van der Waals surface area contributed by atoms with Gasteiger partial charge in [0, 0.05) is 15.6 Å². The van der Waals surface area contributed by atoms with Gasteiger partial charge in [-0.05, 0) is 24.3 Å². The third kappa shape index (κ3) is 3.66. The van der Waals surface area contributed by atoms with E-state index in [9.17, 15) is 9.90 Å². The van der Waals surface area contributed by atoms with Gasteiger partial charge < -0.3 is 5.11 Å². The Morgan fingerprint density at radius 3 is 2.74 bits per heavy atom. The molecule has 0 aliphatic rings. The van der Waals surface area contributed by atoms with Gasteiger partial charge in [0.05, 0.1) is 6.21 Å². The van der Waals surface area contributed by atoms with Gasteiger partial charge in [0.25, 0.3) is 5.91 Å². The molecule has 0 saturated carbocycles. The molecule has 4 nitrogen and oxygen atoms in total. The number of hydrogen-bond acceptors (Lipinski definition) is 3. The van der Waals surface area contributed by atoms with Crippen LogP contribution in [-0.2, 0) is 0 Å². The highest BCUT2D eigenvalue weighted by Gasteiger charge is 2.04. The lowest BCUT2D eigenvalue weighted by molar-refractivity contribution is 0.0954. The van der Waals surface area contributed by atoms with Gasteiger partial charge in [0.2, 0.25) is 0 Å². The molecule has 2 N–H and O–H groups in total. The minimum Gasteiger partial charge on any atom is -0.508 e. The summed E-state index contributed by atoms with van der Waals surface area (Å²) in [7, 11) is 0. The zero-order valence-corrected chi connectivity index (χ0v) is 11.5. The second kappa shape index (κ2) is 6.15. The molecular weight excluding hydrogens is 308 g/mol. The average Bonchev–Trinajstić information content (AvgIpc) is 2.41. The Morgan fingerprint density at radius 2 is 2.00 bits per heavy atom. The monoisotopic (exact) mass is 318 g/mol. The lowest BCUT2D eigenvalue weighted by Gasteiger charge is -2.00. The van der Waals surface area contributed by atoms with Crippen molar-refractivity contribution < 1.29 is 9.90 Å². The van der Waals surface area contributed by atoms with Crippen molar-refractivity contribution in [1.82, 2.24) is 5.43 Å². The molecule has 0 bridgehead atoms. The van der Waals surface area contributed by atoms with Crippen LogP contribution in [0.3, 0.4) is 0 Å². The number of aromatic hydroxyl groups is 1. The molecule has 0 spiro atoms. The first-order valence-electron chi connectivity index (χ1n) is 5.54. The van der Waals surface area contributed by atoms with Gasteiger partial charge in [-0.1, -0.05) is 40.2 Å². The van der Waals surface area contributed by atoms with Gasteiger partial charge >= 0.3 is 0 Å². The first-order chi connectivity index (χ1) is 9.16. The van der Waals surface area contributed by atoms with Crippen molar-refractivity contribution in [1.29, 1.82) is 0 Å². The molecule has 0 radical (unpaired) electrons. The molecule has 1 amide bonds. The lowest BCUT2D eigenvalue weighted by Crippen LogP contribution is -2.17. The molecule has 2 aromatic rings. The van der Waals surface area contributed by atoms with Crippen LogP contribution in [0, 0.1) is 0 Å². The van der Waals surface area contributed by atoms with Crippen LogP contribution in [0.5, 0.6) is 5.75 Å². The molecule has 2 rings (SSSR count). The number of nitrogens with one attached hydrogen (secondary N) is 1. The van der Waals surface area contributed by atoms with Gasteiger partial charge in [-0.3, -0.25) is 4.79 Å². The molecule has 0 unspecified atom stereocenters. The SMILES string of the molecule is O=C(N/N=C/c1ccccc1Br)c1cccc(O)c1. The molecule has 0 fully saturated rings. The molecule has 0 aliphatic carbocycles. The van der Waals surface area contributed by atoms with Crippen LogP contribution in [0.1, 0.15) is 15.9 Å². The van der Waals surface area contributed by atoms with E-state index in [2.05, 4.69) is 26.5 Å². The Labute approximate surface area is 118 Å². The third-order valence-electron chi connectivity index (χ3n) is 2.38. The fraction of sp³-hybridized carbons (Fsp3) is 0. The summed E-state index contributed by atoms with van der Waals surface area (Å²) in [5.74, 6) is -0.332. The van der Waals surface area contributed by atoms with E-state index in [0.717, 1.165) is 10.0 Å². The van der Waals surface area contributed by atoms with Crippen molar-refractivity contribution in [2.75, 3.05) is 0 Å². The zero-order chi connectivity index (χ0) is 13.7. The summed E-state index contributed by atoms with van der Waals surface area (Å²) in [6.07, 6.45) is 1.55. The molecule has 0 saturated heterocycles. The third-order valence-corrected chi connectivity index (χ3v) is 3.11. The molecule has 0 aliphatic heterocycles. The van der Waals surface area contributed by atoms with E-state index in [0.29, 0.717) is 5.56 Å². The number of benzene rings is 2. The number of hydrazone groups is 1. The van der Waals surface area contributed by atoms with Gasteiger partial charge in [-0.15, -0.1) is 0 Å². The van der Waals surface area contributed by atoms with Crippen LogP contribution >= 0.6 is 15.9 Å². The van der Waals surface area contributed by atoms with Gasteiger partial charge in [0.15, 0.2) is 0 Å². The number of nitrogens with zero attached hydrogens (tertiary/aromatic N) is 1. The Morgan fingerprint density at radius 1 is 1.21 bits per heavy atom. The number of rotatable bonds is 3. The summed E-state index contributed by atoms with van der Waals surface area (Å²) in [6, 6.07) is 13.6. The number of phenols is 1. The highest BCUT2D eigenvalue weighted by Crippen LogP contribution is 2.13. The molecule has 19 heavy (non-hydrogen) atoms. The highest BCUT2D eigenvalue weighted by molar-refractivity contribution is 9.10. The summed E-state index contributed by atoms with van der Waals surface area (Å²) in [5.41, 5.74) is 3.61. The second-order valence-electron chi connectivity index (χ2n) is 3.77. The minimum absolute atomic E-state index is 0.0439. The maximum atomic E-state index is 11.7. The van der Waals surface area contributed by atoms with Crippen LogP contribution in [0.2, 0.25) is 0 Å². The van der Waals surface area contributed by atoms with E-state index in [1.165, 1.54) is 12.1 Å². The maximum absolute atomic E-state index is 11.7. The predicted molar refractivity (Wildman–Crippen MR) is 77.3 cm³/mol. The summed E-state index contributed by atoms with van der Waals surface area (Å²) in [5, 5.41) is 13.1. The van der Waals surface area contributed by atoms with E-state index in [-0.39, 0.29) is 11.7 Å². The van der Waals surface area contributed by atoms with E-state index in [1.807, 2.05) is 24.3 Å². The van der Waals surface area contributed by atoms with Crippen LogP contribution < -0.4 is 5.43 Å². The van der Waals surface area contributed by atoms with E-state index >= 15 is 0 Å². The van der Waals surface area contributed by atoms with Crippen molar-refractivity contribution in [2.45, 2.75) is 0 Å². The molecule has 0 aromatic heterocycles. The van der Waals surface area contributed by atoms with Gasteiger partial charge in [-0.2, -0.15) is 5.10 Å². The fourth-order valence-electron chi connectivity index (χ4n) is 1.45. The van der Waals surface area contributed by atoms with Crippen molar-refractivity contribution in [3.05, 3.63) is 64.1 Å². The van der Waals surface area contributed by atoms with Crippen LogP contribution in [-0.4, -0.2) is 17.2 Å². The second-order valence-corrected chi connectivity index (χ2v) is 4.63. The Balaban J connectivity index is 2.03. The number of phenolic OH excluding ortho intramolecular Hbond substituents is 1. The predicted octanol–water partition coefficient (Wildman–Crippen LogP) is 2.92. The summed E-state index contributed by atoms with van der Waals surface area (Å²) < 4.78 is 0.894. The molecular formula is C14H11BrN2O2. The van der Waals surface area contributed by atoms with E-state index in [4.69, 9.17) is 0 Å². The smallest absolute Gasteiger partial charge is 0.271 e. The average molecular weight is 319 g/mol. The van der Waals surface area contributed by atoms with Crippen molar-refractivity contribution in [3.63, 3.8) is 0 Å². The maximum Gasteiger partial charge on any atom is 0.271 e. The van der Waals surface area contributed by atoms with E-state index in [1.54, 1.807) is 18.3 Å². The fourth-order valence-corrected chi connectivity index (χ4v) is 1.84. The number of amides is 1. The Kier molecular flexibility index (Phi) is 4.30. The van der Waals surface area contributed by atoms with Crippen LogP contribution in [0.4, 0.5) is 0 Å². The van der Waals surface area contributed by atoms with Crippen molar-refractivity contribution in [3.8, 4) is 5.75 Å². The standard InChI is InChI=1S/C14H11BrN2O2/c15-13-7-2-1-4-11(13)9-16-17-14(19)10-5-3-6-12(18)8-10/h1-9,18H,(H,17,19)/b16-9+. The van der Waals surface area contributed by atoms with E-state index < -0.39 is 0 Å². The van der Waals surface area contributed by atoms with Gasteiger partial charge in [0.1, 0.15) is 5.75 Å². The number of carbonyl (C=O) groups is 1. The number of halogens is 1.